The van der Waals surface area contributed by atoms with E-state index in [1.165, 1.54) is 16.0 Å². The number of aromatic nitrogens is 2. The average Bonchev–Trinajstić information content (AvgIpc) is 3.12. The van der Waals surface area contributed by atoms with Gasteiger partial charge in [-0.1, -0.05) is 36.4 Å². The number of benzene rings is 1. The van der Waals surface area contributed by atoms with Gasteiger partial charge in [0.15, 0.2) is 0 Å². The first-order valence-electron chi connectivity index (χ1n) is 10.2. The largest absolute Gasteiger partial charge is 0.363 e. The summed E-state index contributed by atoms with van der Waals surface area (Å²) in [6, 6.07) is 10.5. The summed E-state index contributed by atoms with van der Waals surface area (Å²) in [5.74, 6) is 0.946. The zero-order valence-electron chi connectivity index (χ0n) is 17.6. The summed E-state index contributed by atoms with van der Waals surface area (Å²) in [6.07, 6.45) is 6.05. The van der Waals surface area contributed by atoms with Crippen molar-refractivity contribution < 1.29 is 4.79 Å². The van der Waals surface area contributed by atoms with Crippen LogP contribution in [0, 0.1) is 0 Å². The summed E-state index contributed by atoms with van der Waals surface area (Å²) in [4.78, 5) is 27.8. The molecule has 2 aromatic heterocycles. The number of likely N-dealkylation sites (N-methyl/N-ethyl adjacent to an activating group) is 1. The lowest BCUT2D eigenvalue weighted by molar-refractivity contribution is -0.126. The van der Waals surface area contributed by atoms with Crippen LogP contribution in [0.5, 0.6) is 0 Å². The lowest BCUT2D eigenvalue weighted by Gasteiger charge is -2.26. The van der Waals surface area contributed by atoms with Crippen molar-refractivity contribution in [2.45, 2.75) is 25.9 Å². The normalized spacial score (nSPS) is 15.0. The highest BCUT2D eigenvalue weighted by molar-refractivity contribution is 7.19. The summed E-state index contributed by atoms with van der Waals surface area (Å²) >= 11 is 1.67. The van der Waals surface area contributed by atoms with Gasteiger partial charge in [-0.05, 0) is 38.6 Å². The quantitative estimate of drug-likeness (QED) is 0.612. The number of hydrogen-bond acceptors (Lipinski definition) is 6. The maximum absolute atomic E-state index is 12.6. The van der Waals surface area contributed by atoms with E-state index < -0.39 is 0 Å². The molecule has 0 radical (unpaired) electrons. The molecule has 4 rings (SSSR count). The van der Waals surface area contributed by atoms with Gasteiger partial charge in [0, 0.05) is 30.1 Å². The van der Waals surface area contributed by atoms with E-state index in [1.54, 1.807) is 23.7 Å². The third kappa shape index (κ3) is 4.37. The van der Waals surface area contributed by atoms with Gasteiger partial charge in [-0.2, -0.15) is 0 Å². The average molecular weight is 422 g/mol. The second-order valence-corrected chi connectivity index (χ2v) is 8.94. The van der Waals surface area contributed by atoms with Gasteiger partial charge in [-0.15, -0.1) is 11.3 Å². The molecule has 0 unspecified atom stereocenters. The fraction of sp³-hybridized carbons (Fsp3) is 0.348. The highest BCUT2D eigenvalue weighted by Gasteiger charge is 2.25. The predicted octanol–water partition coefficient (Wildman–Crippen LogP) is 3.87. The van der Waals surface area contributed by atoms with Gasteiger partial charge in [0.1, 0.15) is 17.0 Å². The van der Waals surface area contributed by atoms with Gasteiger partial charge in [-0.3, -0.25) is 4.79 Å². The molecule has 7 heteroatoms. The van der Waals surface area contributed by atoms with E-state index in [4.69, 9.17) is 0 Å². The van der Waals surface area contributed by atoms with Gasteiger partial charge in [0.25, 0.3) is 0 Å². The van der Waals surface area contributed by atoms with Crippen LogP contribution in [0.15, 0.2) is 48.8 Å². The molecule has 1 amide bonds. The molecule has 0 saturated carbocycles. The maximum atomic E-state index is 12.6. The predicted molar refractivity (Wildman–Crippen MR) is 123 cm³/mol. The van der Waals surface area contributed by atoms with Crippen molar-refractivity contribution in [1.82, 2.24) is 19.8 Å². The lowest BCUT2D eigenvalue weighted by Crippen LogP contribution is -2.34. The highest BCUT2D eigenvalue weighted by atomic mass is 32.1. The molecular formula is C23H27N5OS. The zero-order valence-corrected chi connectivity index (χ0v) is 18.4. The Bertz CT molecular complexity index is 1060. The van der Waals surface area contributed by atoms with Crippen LogP contribution in [0.2, 0.25) is 0 Å². The number of amides is 1. The molecule has 1 aliphatic heterocycles. The first-order chi connectivity index (χ1) is 14.5. The topological polar surface area (TPSA) is 61.4 Å². The monoisotopic (exact) mass is 421 g/mol. The number of carbonyl (C=O) groups is 1. The first kappa shape index (κ1) is 20.5. The van der Waals surface area contributed by atoms with Crippen LogP contribution in [0.1, 0.15) is 29.0 Å². The molecule has 0 aliphatic carbocycles. The molecule has 1 aromatic carbocycles. The molecule has 3 heterocycles. The van der Waals surface area contributed by atoms with Crippen LogP contribution >= 0.6 is 11.3 Å². The van der Waals surface area contributed by atoms with Gasteiger partial charge >= 0.3 is 0 Å². The Morgan fingerprint density at radius 1 is 1.30 bits per heavy atom. The minimum Gasteiger partial charge on any atom is -0.363 e. The minimum atomic E-state index is 0.0714. The molecule has 1 aliphatic rings. The van der Waals surface area contributed by atoms with Crippen molar-refractivity contribution in [3.05, 3.63) is 64.8 Å². The van der Waals surface area contributed by atoms with Crippen LogP contribution in [0.25, 0.3) is 10.2 Å². The summed E-state index contributed by atoms with van der Waals surface area (Å²) in [5.41, 5.74) is 2.49. The number of nitrogens with one attached hydrogen (secondary N) is 1. The summed E-state index contributed by atoms with van der Waals surface area (Å²) in [6.45, 7) is 4.25. The van der Waals surface area contributed by atoms with Crippen molar-refractivity contribution in [3.63, 3.8) is 0 Å². The van der Waals surface area contributed by atoms with Gasteiger partial charge in [0.2, 0.25) is 5.91 Å². The van der Waals surface area contributed by atoms with E-state index in [0.29, 0.717) is 13.1 Å². The fourth-order valence-corrected chi connectivity index (χ4v) is 4.93. The Balaban J connectivity index is 1.56. The number of fused-ring (bicyclic) bond motifs is 3. The lowest BCUT2D eigenvalue weighted by atomic mass is 10.0. The zero-order chi connectivity index (χ0) is 21.1. The molecule has 156 valence electrons. The summed E-state index contributed by atoms with van der Waals surface area (Å²) in [7, 11) is 3.98. The second kappa shape index (κ2) is 8.93. The molecule has 6 nitrogen and oxygen atoms in total. The third-order valence-electron chi connectivity index (χ3n) is 5.33. The molecule has 0 spiro atoms. The van der Waals surface area contributed by atoms with E-state index in [0.717, 1.165) is 29.0 Å². The summed E-state index contributed by atoms with van der Waals surface area (Å²) < 4.78 is 0. The van der Waals surface area contributed by atoms with Crippen LogP contribution < -0.4 is 5.32 Å². The van der Waals surface area contributed by atoms with Crippen molar-refractivity contribution in [2.24, 2.45) is 0 Å². The SMILES string of the molecule is C[C@@H](Nc1ncnc2sc3c(c12)CCN(C(=O)C=CCN(C)C)C3)c1ccccc1. The molecule has 0 bridgehead atoms. The Labute approximate surface area is 181 Å². The van der Waals surface area contributed by atoms with E-state index in [-0.39, 0.29) is 11.9 Å². The maximum Gasteiger partial charge on any atom is 0.246 e. The van der Waals surface area contributed by atoms with E-state index >= 15 is 0 Å². The van der Waals surface area contributed by atoms with Crippen molar-refractivity contribution in [1.29, 1.82) is 0 Å². The van der Waals surface area contributed by atoms with Crippen LogP contribution in [-0.4, -0.2) is 52.9 Å². The third-order valence-corrected chi connectivity index (χ3v) is 6.46. The Hall–Kier alpha value is -2.77. The minimum absolute atomic E-state index is 0.0714. The highest BCUT2D eigenvalue weighted by Crippen LogP contribution is 2.38. The standard InChI is InChI=1S/C23H27N5OS/c1-16(17-8-5-4-6-9-17)26-22-21-18-11-13-28(20(29)10-7-12-27(2)3)14-19(18)30-23(21)25-15-24-22/h4-10,15-16H,11-14H2,1-3H3,(H,24,25,26)/t16-/m1/s1. The Kier molecular flexibility index (Phi) is 6.11. The smallest absolute Gasteiger partial charge is 0.246 e. The number of anilines is 1. The second-order valence-electron chi connectivity index (χ2n) is 7.86. The van der Waals surface area contributed by atoms with E-state index in [2.05, 4.69) is 34.3 Å². The molecule has 1 atom stereocenters. The molecule has 3 aromatic rings. The number of carbonyl (C=O) groups excluding carboxylic acids is 1. The Morgan fingerprint density at radius 3 is 2.87 bits per heavy atom. The fourth-order valence-electron chi connectivity index (χ4n) is 3.73. The van der Waals surface area contributed by atoms with E-state index in [1.807, 2.05) is 48.2 Å². The number of nitrogens with zero attached hydrogens (tertiary/aromatic N) is 4. The van der Waals surface area contributed by atoms with Gasteiger partial charge < -0.3 is 15.1 Å². The van der Waals surface area contributed by atoms with Crippen LogP contribution in [0.4, 0.5) is 5.82 Å². The van der Waals surface area contributed by atoms with Gasteiger partial charge in [0.05, 0.1) is 11.9 Å². The number of rotatable bonds is 6. The van der Waals surface area contributed by atoms with E-state index in [9.17, 15) is 4.79 Å². The molecule has 0 saturated heterocycles. The van der Waals surface area contributed by atoms with Crippen LogP contribution in [0.3, 0.4) is 0 Å². The molecule has 1 N–H and O–H groups in total. The van der Waals surface area contributed by atoms with Crippen molar-refractivity contribution >= 4 is 33.3 Å². The van der Waals surface area contributed by atoms with Crippen molar-refractivity contribution in [3.8, 4) is 0 Å². The van der Waals surface area contributed by atoms with Gasteiger partial charge in [-0.25, -0.2) is 9.97 Å². The number of hydrogen-bond donors (Lipinski definition) is 1. The molecular weight excluding hydrogens is 394 g/mol. The van der Waals surface area contributed by atoms with Crippen molar-refractivity contribution in [2.75, 3.05) is 32.5 Å². The summed E-state index contributed by atoms with van der Waals surface area (Å²) in [5, 5.41) is 4.68. The number of thiophene rings is 1. The first-order valence-corrected chi connectivity index (χ1v) is 11.0. The molecule has 0 fully saturated rings. The molecule has 30 heavy (non-hydrogen) atoms. The Morgan fingerprint density at radius 2 is 2.10 bits per heavy atom. The van der Waals surface area contributed by atoms with Crippen LogP contribution in [-0.2, 0) is 17.8 Å².